The maximum Gasteiger partial charge on any atom is 0.0604 e. The smallest absolute Gasteiger partial charge is 0.0604 e. The molecule has 0 amide bonds. The molecule has 3 rings (SSSR count). The molecule has 0 fully saturated rings. The summed E-state index contributed by atoms with van der Waals surface area (Å²) >= 11 is 0. The van der Waals surface area contributed by atoms with Crippen molar-refractivity contribution in [2.75, 3.05) is 17.3 Å². The zero-order chi connectivity index (χ0) is 14.1. The first-order chi connectivity index (χ1) is 9.68. The second-order valence-electron chi connectivity index (χ2n) is 5.77. The second-order valence-corrected chi connectivity index (χ2v) is 5.77. The van der Waals surface area contributed by atoms with Gasteiger partial charge in [0.05, 0.1) is 6.04 Å². The Morgan fingerprint density at radius 1 is 0.900 bits per heavy atom. The van der Waals surface area contributed by atoms with Gasteiger partial charge in [0.15, 0.2) is 0 Å². The van der Waals surface area contributed by atoms with E-state index in [1.54, 1.807) is 0 Å². The normalized spacial score (nSPS) is 24.6. The summed E-state index contributed by atoms with van der Waals surface area (Å²) < 4.78 is 0. The van der Waals surface area contributed by atoms with E-state index in [1.807, 2.05) is 0 Å². The summed E-state index contributed by atoms with van der Waals surface area (Å²) in [6.45, 7) is 4.60. The summed E-state index contributed by atoms with van der Waals surface area (Å²) in [4.78, 5) is 2.40. The van der Waals surface area contributed by atoms with Crippen molar-refractivity contribution in [1.82, 2.24) is 0 Å². The van der Waals surface area contributed by atoms with E-state index in [-0.39, 0.29) is 0 Å². The first-order valence-corrected chi connectivity index (χ1v) is 7.32. The summed E-state index contributed by atoms with van der Waals surface area (Å²) in [5.41, 5.74) is 3.93. The van der Waals surface area contributed by atoms with Crippen molar-refractivity contribution in [2.45, 2.75) is 25.9 Å². The molecule has 0 radical (unpaired) electrons. The maximum atomic E-state index is 3.62. The predicted octanol–water partition coefficient (Wildman–Crippen LogP) is 4.31. The second kappa shape index (κ2) is 5.20. The Morgan fingerprint density at radius 3 is 2.30 bits per heavy atom. The molecule has 1 N–H and O–H groups in total. The van der Waals surface area contributed by atoms with Crippen LogP contribution >= 0.6 is 0 Å². The molecule has 2 heteroatoms. The van der Waals surface area contributed by atoms with E-state index in [9.17, 15) is 0 Å². The van der Waals surface area contributed by atoms with Gasteiger partial charge in [-0.15, -0.1) is 0 Å². The largest absolute Gasteiger partial charge is 0.382 e. The summed E-state index contributed by atoms with van der Waals surface area (Å²) in [7, 11) is 2.20. The monoisotopic (exact) mass is 266 g/mol. The van der Waals surface area contributed by atoms with Crippen LogP contribution in [0.2, 0.25) is 0 Å². The molecule has 1 aliphatic heterocycles. The van der Waals surface area contributed by atoms with Crippen molar-refractivity contribution in [2.24, 2.45) is 5.92 Å². The van der Waals surface area contributed by atoms with Crippen LogP contribution < -0.4 is 10.2 Å². The molecular weight excluding hydrogens is 244 g/mol. The Balaban J connectivity index is 2.03. The van der Waals surface area contributed by atoms with Crippen LogP contribution in [0.3, 0.4) is 0 Å². The molecule has 0 bridgehead atoms. The predicted molar refractivity (Wildman–Crippen MR) is 86.3 cm³/mol. The third-order valence-corrected chi connectivity index (χ3v) is 4.53. The number of hydrogen-bond donors (Lipinski definition) is 1. The van der Waals surface area contributed by atoms with Gasteiger partial charge in [-0.25, -0.2) is 0 Å². The van der Waals surface area contributed by atoms with Gasteiger partial charge in [0.2, 0.25) is 0 Å². The van der Waals surface area contributed by atoms with Crippen LogP contribution in [-0.4, -0.2) is 13.1 Å². The molecule has 2 aromatic carbocycles. The van der Waals surface area contributed by atoms with Gasteiger partial charge < -0.3 is 10.2 Å². The minimum atomic E-state index is 0.407. The van der Waals surface area contributed by atoms with Gasteiger partial charge in [0.1, 0.15) is 0 Å². The fourth-order valence-electron chi connectivity index (χ4n) is 3.20. The van der Waals surface area contributed by atoms with Gasteiger partial charge in [-0.1, -0.05) is 43.3 Å². The molecule has 20 heavy (non-hydrogen) atoms. The molecule has 0 spiro atoms. The Kier molecular flexibility index (Phi) is 3.39. The quantitative estimate of drug-likeness (QED) is 0.871. The summed E-state index contributed by atoms with van der Waals surface area (Å²) in [5, 5.41) is 3.62. The lowest BCUT2D eigenvalue weighted by atomic mass is 9.83. The van der Waals surface area contributed by atoms with Gasteiger partial charge >= 0.3 is 0 Å². The lowest BCUT2D eigenvalue weighted by molar-refractivity contribution is 0.394. The van der Waals surface area contributed by atoms with Crippen LogP contribution in [-0.2, 0) is 0 Å². The Labute approximate surface area is 121 Å². The number of para-hydroxylation sites is 2. The average molecular weight is 266 g/mol. The third kappa shape index (κ3) is 2.15. The molecule has 0 aromatic heterocycles. The van der Waals surface area contributed by atoms with Gasteiger partial charge in [-0.3, -0.25) is 0 Å². The molecule has 1 heterocycles. The van der Waals surface area contributed by atoms with Crippen molar-refractivity contribution in [1.29, 1.82) is 0 Å². The highest BCUT2D eigenvalue weighted by Gasteiger charge is 2.33. The number of benzene rings is 2. The van der Waals surface area contributed by atoms with Crippen molar-refractivity contribution < 1.29 is 0 Å². The van der Waals surface area contributed by atoms with Crippen LogP contribution in [0.1, 0.15) is 25.5 Å². The van der Waals surface area contributed by atoms with E-state index >= 15 is 0 Å². The van der Waals surface area contributed by atoms with E-state index in [0.717, 1.165) is 0 Å². The number of nitrogens with one attached hydrogen (secondary N) is 1. The van der Waals surface area contributed by atoms with Crippen molar-refractivity contribution in [3.05, 3.63) is 60.2 Å². The van der Waals surface area contributed by atoms with Crippen molar-refractivity contribution in [3.8, 4) is 0 Å². The fourth-order valence-corrected chi connectivity index (χ4v) is 3.20. The number of fused-ring (bicyclic) bond motifs is 1. The molecule has 1 aliphatic rings. The zero-order valence-corrected chi connectivity index (χ0v) is 12.4. The minimum Gasteiger partial charge on any atom is -0.382 e. The fraction of sp³-hybridized carbons (Fsp3) is 0.333. The molecule has 3 atom stereocenters. The molecule has 0 aliphatic carbocycles. The molecule has 0 unspecified atom stereocenters. The van der Waals surface area contributed by atoms with E-state index < -0.39 is 0 Å². The standard InChI is InChI=1S/C18H22N2/c1-13-14(2)19-17-12-8-7-11-16(17)18(13)20(3)15-9-5-4-6-10-15/h4-14,18-19H,1-3H3/t13-,14-,18+/m0/s1. The lowest BCUT2D eigenvalue weighted by Gasteiger charge is -2.43. The Bertz CT molecular complexity index is 579. The number of hydrogen-bond acceptors (Lipinski definition) is 2. The van der Waals surface area contributed by atoms with Gasteiger partial charge in [-0.2, -0.15) is 0 Å². The lowest BCUT2D eigenvalue weighted by Crippen LogP contribution is -2.41. The van der Waals surface area contributed by atoms with Gasteiger partial charge in [0, 0.05) is 30.4 Å². The highest BCUT2D eigenvalue weighted by molar-refractivity contribution is 5.60. The molecular formula is C18H22N2. The van der Waals surface area contributed by atoms with Crippen LogP contribution in [0.5, 0.6) is 0 Å². The van der Waals surface area contributed by atoms with Crippen molar-refractivity contribution >= 4 is 11.4 Å². The molecule has 0 saturated carbocycles. The first kappa shape index (κ1) is 13.0. The maximum absolute atomic E-state index is 3.62. The van der Waals surface area contributed by atoms with E-state index in [2.05, 4.69) is 85.7 Å². The van der Waals surface area contributed by atoms with Crippen LogP contribution in [0, 0.1) is 5.92 Å². The van der Waals surface area contributed by atoms with E-state index in [4.69, 9.17) is 0 Å². The molecule has 2 aromatic rings. The zero-order valence-electron chi connectivity index (χ0n) is 12.4. The number of nitrogens with zero attached hydrogens (tertiary/aromatic N) is 1. The Morgan fingerprint density at radius 2 is 1.55 bits per heavy atom. The highest BCUT2D eigenvalue weighted by Crippen LogP contribution is 2.41. The average Bonchev–Trinajstić information content (AvgIpc) is 2.49. The summed E-state index contributed by atoms with van der Waals surface area (Å²) in [5.74, 6) is 0.551. The minimum absolute atomic E-state index is 0.407. The van der Waals surface area contributed by atoms with E-state index in [0.29, 0.717) is 18.0 Å². The molecule has 2 nitrogen and oxygen atoms in total. The molecule has 0 saturated heterocycles. The summed E-state index contributed by atoms with van der Waals surface area (Å²) in [6, 6.07) is 20.2. The number of anilines is 2. The Hall–Kier alpha value is -1.96. The number of rotatable bonds is 2. The first-order valence-electron chi connectivity index (χ1n) is 7.32. The van der Waals surface area contributed by atoms with Crippen molar-refractivity contribution in [3.63, 3.8) is 0 Å². The third-order valence-electron chi connectivity index (χ3n) is 4.53. The van der Waals surface area contributed by atoms with Gasteiger partial charge in [0.25, 0.3) is 0 Å². The van der Waals surface area contributed by atoms with Crippen LogP contribution in [0.4, 0.5) is 11.4 Å². The van der Waals surface area contributed by atoms with Crippen LogP contribution in [0.15, 0.2) is 54.6 Å². The highest BCUT2D eigenvalue weighted by atomic mass is 15.2. The summed E-state index contributed by atoms with van der Waals surface area (Å²) in [6.07, 6.45) is 0. The molecule has 104 valence electrons. The SMILES string of the molecule is C[C@H]1[C@H](C)Nc2ccccc2[C@@H]1N(C)c1ccccc1. The topological polar surface area (TPSA) is 15.3 Å². The van der Waals surface area contributed by atoms with Crippen LogP contribution in [0.25, 0.3) is 0 Å². The van der Waals surface area contributed by atoms with Gasteiger partial charge in [-0.05, 0) is 30.7 Å². The van der Waals surface area contributed by atoms with E-state index in [1.165, 1.54) is 16.9 Å².